The summed E-state index contributed by atoms with van der Waals surface area (Å²) in [5.41, 5.74) is 4.90. The second-order valence-corrected chi connectivity index (χ2v) is 5.67. The zero-order valence-electron chi connectivity index (χ0n) is 13.1. The number of carbonyl (C=O) groups excluding carboxylic acids is 1. The number of ether oxygens (including phenoxy) is 3. The lowest BCUT2D eigenvalue weighted by molar-refractivity contribution is -0.121. The lowest BCUT2D eigenvalue weighted by Crippen LogP contribution is -2.51. The number of carbonyl (C=O) groups is 1. The number of nitrogens with one attached hydrogen (secondary N) is 1. The molecule has 2 aromatic carbocycles. The van der Waals surface area contributed by atoms with Gasteiger partial charge in [0.2, 0.25) is 12.7 Å². The van der Waals surface area contributed by atoms with E-state index < -0.39 is 18.1 Å². The summed E-state index contributed by atoms with van der Waals surface area (Å²) in [6, 6.07) is 12.1. The molecule has 0 radical (unpaired) electrons. The smallest absolute Gasteiger partial charge is 0.246 e. The van der Waals surface area contributed by atoms with Crippen LogP contribution in [0.2, 0.25) is 0 Å². The van der Waals surface area contributed by atoms with Gasteiger partial charge in [0.15, 0.2) is 11.5 Å². The van der Waals surface area contributed by atoms with Crippen LogP contribution < -0.4 is 25.3 Å². The fourth-order valence-corrected chi connectivity index (χ4v) is 2.03. The van der Waals surface area contributed by atoms with E-state index in [0.717, 1.165) is 0 Å². The zero-order chi connectivity index (χ0) is 17.2. The average Bonchev–Trinajstić information content (AvgIpc) is 3.04. The maximum absolute atomic E-state index is 11.9. The summed E-state index contributed by atoms with van der Waals surface area (Å²) in [5.74, 6) is 2.08. The number of rotatable bonds is 5. The third-order valence-corrected chi connectivity index (χ3v) is 3.54. The number of amides is 1. The molecule has 2 aromatic rings. The van der Waals surface area contributed by atoms with Crippen LogP contribution >= 0.6 is 0 Å². The predicted octanol–water partition coefficient (Wildman–Crippen LogP) is 1.86. The Bertz CT molecular complexity index is 743. The molecule has 7 heteroatoms. The number of hydrogen-bond acceptors (Lipinski definition) is 6. The molecule has 7 nitrogen and oxygen atoms in total. The van der Waals surface area contributed by atoms with Crippen LogP contribution in [-0.4, -0.2) is 30.0 Å². The minimum atomic E-state index is -1.33. The highest BCUT2D eigenvalue weighted by Crippen LogP contribution is 2.36. The molecule has 1 aliphatic heterocycles. The molecule has 0 spiro atoms. The Kier molecular flexibility index (Phi) is 4.28. The first kappa shape index (κ1) is 16.1. The maximum Gasteiger partial charge on any atom is 0.246 e. The van der Waals surface area contributed by atoms with Crippen LogP contribution in [0, 0.1) is 0 Å². The predicted molar refractivity (Wildman–Crippen MR) is 87.4 cm³/mol. The Labute approximate surface area is 138 Å². The molecule has 0 bridgehead atoms. The third-order valence-electron chi connectivity index (χ3n) is 3.54. The van der Waals surface area contributed by atoms with E-state index in [4.69, 9.17) is 25.1 Å². The highest BCUT2D eigenvalue weighted by molar-refractivity contribution is 5.97. The van der Waals surface area contributed by atoms with E-state index in [-0.39, 0.29) is 6.79 Å². The van der Waals surface area contributed by atoms with Crippen LogP contribution in [0.5, 0.6) is 23.0 Å². The van der Waals surface area contributed by atoms with Crippen molar-refractivity contribution in [3.63, 3.8) is 0 Å². The molecule has 1 heterocycles. The highest BCUT2D eigenvalue weighted by atomic mass is 16.7. The Morgan fingerprint density at radius 1 is 1.21 bits per heavy atom. The summed E-state index contributed by atoms with van der Waals surface area (Å²) in [7, 11) is 0. The van der Waals surface area contributed by atoms with Crippen molar-refractivity contribution in [2.75, 3.05) is 18.7 Å². The van der Waals surface area contributed by atoms with Crippen LogP contribution in [0.1, 0.15) is 6.92 Å². The fraction of sp³-hybridized carbons (Fsp3) is 0.235. The highest BCUT2D eigenvalue weighted by Gasteiger charge is 2.27. The van der Waals surface area contributed by atoms with E-state index in [0.29, 0.717) is 28.7 Å². The third kappa shape index (κ3) is 3.42. The summed E-state index contributed by atoms with van der Waals surface area (Å²) >= 11 is 0. The van der Waals surface area contributed by atoms with Crippen LogP contribution in [0.25, 0.3) is 0 Å². The van der Waals surface area contributed by atoms with E-state index in [2.05, 4.69) is 5.32 Å². The van der Waals surface area contributed by atoms with Gasteiger partial charge in [0, 0.05) is 11.8 Å². The van der Waals surface area contributed by atoms with Crippen molar-refractivity contribution >= 4 is 11.6 Å². The molecular weight excluding hydrogens is 312 g/mol. The minimum Gasteiger partial charge on any atom is -0.457 e. The van der Waals surface area contributed by atoms with Crippen LogP contribution in [0.15, 0.2) is 42.5 Å². The van der Waals surface area contributed by atoms with E-state index in [1.165, 1.54) is 6.92 Å². The van der Waals surface area contributed by atoms with Gasteiger partial charge >= 0.3 is 0 Å². The van der Waals surface area contributed by atoms with E-state index in [1.807, 2.05) is 0 Å². The molecule has 0 aliphatic carbocycles. The summed E-state index contributed by atoms with van der Waals surface area (Å²) in [4.78, 5) is 11.9. The summed E-state index contributed by atoms with van der Waals surface area (Å²) in [6.45, 7) is 1.23. The van der Waals surface area contributed by atoms with Gasteiger partial charge in [0.1, 0.15) is 17.0 Å². The van der Waals surface area contributed by atoms with Gasteiger partial charge in [-0.25, -0.2) is 0 Å². The van der Waals surface area contributed by atoms with Crippen molar-refractivity contribution in [2.24, 2.45) is 5.73 Å². The van der Waals surface area contributed by atoms with Crippen molar-refractivity contribution in [1.29, 1.82) is 0 Å². The number of hydrogen-bond donors (Lipinski definition) is 3. The van der Waals surface area contributed by atoms with E-state index >= 15 is 0 Å². The molecule has 126 valence electrons. The second kappa shape index (κ2) is 6.38. The van der Waals surface area contributed by atoms with Gasteiger partial charge in [-0.3, -0.25) is 4.79 Å². The normalized spacial score (nSPS) is 14.8. The van der Waals surface area contributed by atoms with Crippen LogP contribution in [-0.2, 0) is 4.79 Å². The summed E-state index contributed by atoms with van der Waals surface area (Å²) in [5, 5.41) is 11.7. The second-order valence-electron chi connectivity index (χ2n) is 5.67. The van der Waals surface area contributed by atoms with Gasteiger partial charge in [0.05, 0.1) is 6.61 Å². The molecular formula is C17H18N2O5. The minimum absolute atomic E-state index is 0.209. The van der Waals surface area contributed by atoms with E-state index in [1.54, 1.807) is 42.5 Å². The summed E-state index contributed by atoms with van der Waals surface area (Å²) in [6.07, 6.45) is 0. The zero-order valence-corrected chi connectivity index (χ0v) is 13.1. The average molecular weight is 330 g/mol. The lowest BCUT2D eigenvalue weighted by Gasteiger charge is -2.20. The molecule has 0 aromatic heterocycles. The number of fused-ring (bicyclic) bond motifs is 1. The Hall–Kier alpha value is -2.77. The molecule has 1 amide bonds. The van der Waals surface area contributed by atoms with Gasteiger partial charge in [-0.2, -0.15) is 0 Å². The van der Waals surface area contributed by atoms with Crippen molar-refractivity contribution in [3.8, 4) is 23.0 Å². The Morgan fingerprint density at radius 3 is 2.58 bits per heavy atom. The summed E-state index contributed by atoms with van der Waals surface area (Å²) < 4.78 is 16.3. The first-order chi connectivity index (χ1) is 11.5. The molecule has 1 aliphatic rings. The van der Waals surface area contributed by atoms with Crippen LogP contribution in [0.4, 0.5) is 5.69 Å². The first-order valence-corrected chi connectivity index (χ1v) is 7.37. The Morgan fingerprint density at radius 2 is 1.88 bits per heavy atom. The van der Waals surface area contributed by atoms with Gasteiger partial charge in [-0.15, -0.1) is 0 Å². The van der Waals surface area contributed by atoms with Crippen molar-refractivity contribution < 1.29 is 24.1 Å². The first-order valence-electron chi connectivity index (χ1n) is 7.37. The number of aliphatic hydroxyl groups excluding tert-OH is 1. The molecule has 0 saturated heterocycles. The standard InChI is InChI=1S/C17H18N2O5/c1-17(18,9-20)16(21)19-11-2-4-12(5-3-11)24-13-6-7-14-15(8-13)23-10-22-14/h2-8,20H,9-10,18H2,1H3,(H,19,21)/t17-/m0/s1. The number of nitrogens with two attached hydrogens (primary N) is 1. The SMILES string of the molecule is C[C@](N)(CO)C(=O)Nc1ccc(Oc2ccc3c(c2)OCO3)cc1. The van der Waals surface area contributed by atoms with Crippen molar-refractivity contribution in [3.05, 3.63) is 42.5 Å². The molecule has 0 saturated carbocycles. The van der Waals surface area contributed by atoms with Crippen molar-refractivity contribution in [1.82, 2.24) is 0 Å². The lowest BCUT2D eigenvalue weighted by atomic mass is 10.0. The maximum atomic E-state index is 11.9. The molecule has 0 fully saturated rings. The van der Waals surface area contributed by atoms with Crippen molar-refractivity contribution in [2.45, 2.75) is 12.5 Å². The molecule has 3 rings (SSSR count). The molecule has 24 heavy (non-hydrogen) atoms. The number of aliphatic hydroxyl groups is 1. The monoisotopic (exact) mass is 330 g/mol. The molecule has 0 unspecified atom stereocenters. The van der Waals surface area contributed by atoms with Gasteiger partial charge in [-0.05, 0) is 43.3 Å². The van der Waals surface area contributed by atoms with Gasteiger partial charge < -0.3 is 30.4 Å². The van der Waals surface area contributed by atoms with Crippen LogP contribution in [0.3, 0.4) is 0 Å². The van der Waals surface area contributed by atoms with E-state index in [9.17, 15) is 4.79 Å². The number of benzene rings is 2. The fourth-order valence-electron chi connectivity index (χ4n) is 2.03. The van der Waals surface area contributed by atoms with Gasteiger partial charge in [0.25, 0.3) is 0 Å². The topological polar surface area (TPSA) is 103 Å². The molecule has 4 N–H and O–H groups in total. The Balaban J connectivity index is 1.65. The quantitative estimate of drug-likeness (QED) is 0.773. The van der Waals surface area contributed by atoms with Gasteiger partial charge in [-0.1, -0.05) is 0 Å². The number of anilines is 1. The molecule has 1 atom stereocenters. The largest absolute Gasteiger partial charge is 0.457 e.